The molecule has 0 unspecified atom stereocenters. The standard InChI is InChI=1S/C9H8N2O4S/c1-14-7(12)5-11-9(13)15-8(10-11)6-3-2-4-16-6/h2-4H,5H2,1H3. The summed E-state index contributed by atoms with van der Waals surface area (Å²) >= 11 is 1.40. The van der Waals surface area contributed by atoms with Gasteiger partial charge in [-0.3, -0.25) is 4.79 Å². The Morgan fingerprint density at radius 3 is 3.12 bits per heavy atom. The Balaban J connectivity index is 2.29. The van der Waals surface area contributed by atoms with E-state index in [9.17, 15) is 9.59 Å². The van der Waals surface area contributed by atoms with Gasteiger partial charge in [0, 0.05) is 0 Å². The summed E-state index contributed by atoms with van der Waals surface area (Å²) in [5.41, 5.74) is 0. The predicted molar refractivity (Wildman–Crippen MR) is 56.1 cm³/mol. The zero-order chi connectivity index (χ0) is 11.5. The third-order valence-electron chi connectivity index (χ3n) is 1.84. The van der Waals surface area contributed by atoms with E-state index in [4.69, 9.17) is 4.42 Å². The van der Waals surface area contributed by atoms with Gasteiger partial charge in [0.2, 0.25) is 0 Å². The molecule has 0 aliphatic rings. The highest BCUT2D eigenvalue weighted by Crippen LogP contribution is 2.20. The molecule has 16 heavy (non-hydrogen) atoms. The molecule has 0 aromatic carbocycles. The highest BCUT2D eigenvalue weighted by molar-refractivity contribution is 7.13. The molecule has 0 aliphatic carbocycles. The highest BCUT2D eigenvalue weighted by Gasteiger charge is 2.13. The van der Waals surface area contributed by atoms with Gasteiger partial charge in [0.1, 0.15) is 6.54 Å². The van der Waals surface area contributed by atoms with Crippen molar-refractivity contribution in [3.63, 3.8) is 0 Å². The molecule has 0 bridgehead atoms. The number of hydrogen-bond acceptors (Lipinski definition) is 6. The monoisotopic (exact) mass is 240 g/mol. The lowest BCUT2D eigenvalue weighted by Crippen LogP contribution is -2.22. The number of esters is 1. The lowest BCUT2D eigenvalue weighted by molar-refractivity contribution is -0.141. The molecule has 0 saturated heterocycles. The van der Waals surface area contributed by atoms with Crippen molar-refractivity contribution in [1.82, 2.24) is 9.78 Å². The molecule has 0 aliphatic heterocycles. The summed E-state index contributed by atoms with van der Waals surface area (Å²) in [6, 6.07) is 3.59. The van der Waals surface area contributed by atoms with Crippen molar-refractivity contribution in [2.24, 2.45) is 0 Å². The summed E-state index contributed by atoms with van der Waals surface area (Å²) in [4.78, 5) is 23.0. The zero-order valence-electron chi connectivity index (χ0n) is 8.37. The number of carbonyl (C=O) groups excluding carboxylic acids is 1. The maximum Gasteiger partial charge on any atom is 0.437 e. The van der Waals surface area contributed by atoms with Crippen LogP contribution in [0.5, 0.6) is 0 Å². The zero-order valence-corrected chi connectivity index (χ0v) is 9.19. The highest BCUT2D eigenvalue weighted by atomic mass is 32.1. The SMILES string of the molecule is COC(=O)Cn1nc(-c2cccs2)oc1=O. The Bertz CT molecular complexity index is 540. The lowest BCUT2D eigenvalue weighted by Gasteiger charge is -1.95. The maximum absolute atomic E-state index is 11.3. The van der Waals surface area contributed by atoms with E-state index in [2.05, 4.69) is 9.84 Å². The Morgan fingerprint density at radius 1 is 1.69 bits per heavy atom. The van der Waals surface area contributed by atoms with Crippen molar-refractivity contribution in [3.05, 3.63) is 28.1 Å². The number of methoxy groups -OCH3 is 1. The Labute approximate surface area is 94.1 Å². The molecule has 0 spiro atoms. The van der Waals surface area contributed by atoms with Crippen LogP contribution in [0.4, 0.5) is 0 Å². The molecular weight excluding hydrogens is 232 g/mol. The summed E-state index contributed by atoms with van der Waals surface area (Å²) in [6.07, 6.45) is 0. The van der Waals surface area contributed by atoms with Crippen LogP contribution in [0.15, 0.2) is 26.7 Å². The second kappa shape index (κ2) is 4.31. The van der Waals surface area contributed by atoms with E-state index in [0.717, 1.165) is 9.56 Å². The van der Waals surface area contributed by atoms with Gasteiger partial charge in [0.05, 0.1) is 12.0 Å². The van der Waals surface area contributed by atoms with Crippen LogP contribution < -0.4 is 5.76 Å². The average molecular weight is 240 g/mol. The van der Waals surface area contributed by atoms with Crippen molar-refractivity contribution < 1.29 is 13.9 Å². The van der Waals surface area contributed by atoms with Gasteiger partial charge in [0.15, 0.2) is 0 Å². The van der Waals surface area contributed by atoms with E-state index < -0.39 is 11.7 Å². The molecule has 0 radical (unpaired) electrons. The summed E-state index contributed by atoms with van der Waals surface area (Å²) < 4.78 is 10.3. The molecule has 2 rings (SSSR count). The van der Waals surface area contributed by atoms with Gasteiger partial charge in [-0.25, -0.2) is 4.79 Å². The Morgan fingerprint density at radius 2 is 2.50 bits per heavy atom. The van der Waals surface area contributed by atoms with Gasteiger partial charge in [0.25, 0.3) is 5.89 Å². The van der Waals surface area contributed by atoms with Gasteiger partial charge in [-0.2, -0.15) is 4.68 Å². The van der Waals surface area contributed by atoms with Crippen LogP contribution >= 0.6 is 11.3 Å². The largest absolute Gasteiger partial charge is 0.468 e. The molecular formula is C9H8N2O4S. The summed E-state index contributed by atoms with van der Waals surface area (Å²) in [7, 11) is 1.24. The lowest BCUT2D eigenvalue weighted by atomic mass is 10.5. The second-order valence-electron chi connectivity index (χ2n) is 2.88. The normalized spacial score (nSPS) is 10.3. The second-order valence-corrected chi connectivity index (χ2v) is 3.83. The van der Waals surface area contributed by atoms with Gasteiger partial charge >= 0.3 is 11.7 Å². The predicted octanol–water partition coefficient (Wildman–Crippen LogP) is 0.738. The van der Waals surface area contributed by atoms with E-state index in [1.165, 1.54) is 18.4 Å². The van der Waals surface area contributed by atoms with Crippen molar-refractivity contribution in [1.29, 1.82) is 0 Å². The van der Waals surface area contributed by atoms with E-state index in [-0.39, 0.29) is 12.4 Å². The van der Waals surface area contributed by atoms with Crippen LogP contribution in [-0.4, -0.2) is 22.9 Å². The fourth-order valence-corrected chi connectivity index (χ4v) is 1.74. The number of thiophene rings is 1. The number of nitrogens with zero attached hydrogens (tertiary/aromatic N) is 2. The van der Waals surface area contributed by atoms with Gasteiger partial charge in [-0.15, -0.1) is 16.4 Å². The van der Waals surface area contributed by atoms with Crippen LogP contribution in [-0.2, 0) is 16.1 Å². The number of ether oxygens (including phenoxy) is 1. The minimum atomic E-state index is -0.672. The first-order valence-electron chi connectivity index (χ1n) is 4.39. The van der Waals surface area contributed by atoms with E-state index in [1.54, 1.807) is 6.07 Å². The van der Waals surface area contributed by atoms with Crippen LogP contribution in [0, 0.1) is 0 Å². The van der Waals surface area contributed by atoms with Gasteiger partial charge < -0.3 is 9.15 Å². The average Bonchev–Trinajstić information content (AvgIpc) is 2.88. The Hall–Kier alpha value is -1.89. The van der Waals surface area contributed by atoms with E-state index in [0.29, 0.717) is 0 Å². The van der Waals surface area contributed by atoms with Gasteiger partial charge in [-0.1, -0.05) is 6.07 Å². The number of carbonyl (C=O) groups is 1. The van der Waals surface area contributed by atoms with Crippen LogP contribution in [0.2, 0.25) is 0 Å². The molecule has 0 saturated carbocycles. The van der Waals surface area contributed by atoms with Crippen molar-refractivity contribution in [2.45, 2.75) is 6.54 Å². The molecule has 6 nitrogen and oxygen atoms in total. The van der Waals surface area contributed by atoms with Crippen molar-refractivity contribution in [3.8, 4) is 10.8 Å². The van der Waals surface area contributed by atoms with E-state index >= 15 is 0 Å². The molecule has 0 amide bonds. The van der Waals surface area contributed by atoms with Crippen LogP contribution in [0.3, 0.4) is 0 Å². The first kappa shape index (κ1) is 10.6. The number of hydrogen-bond donors (Lipinski definition) is 0. The molecule has 2 aromatic rings. The van der Waals surface area contributed by atoms with Crippen molar-refractivity contribution in [2.75, 3.05) is 7.11 Å². The molecule has 84 valence electrons. The molecule has 7 heteroatoms. The Kier molecular flexibility index (Phi) is 2.86. The molecule has 0 atom stereocenters. The van der Waals surface area contributed by atoms with Crippen LogP contribution in [0.25, 0.3) is 10.8 Å². The molecule has 2 aromatic heterocycles. The molecule has 0 N–H and O–H groups in total. The third-order valence-corrected chi connectivity index (χ3v) is 2.70. The molecule has 0 fully saturated rings. The van der Waals surface area contributed by atoms with E-state index in [1.807, 2.05) is 11.4 Å². The van der Waals surface area contributed by atoms with Crippen molar-refractivity contribution >= 4 is 17.3 Å². The number of aromatic nitrogens is 2. The third kappa shape index (κ3) is 2.03. The fourth-order valence-electron chi connectivity index (χ4n) is 1.09. The smallest absolute Gasteiger partial charge is 0.437 e. The maximum atomic E-state index is 11.3. The minimum absolute atomic E-state index is 0.212. The van der Waals surface area contributed by atoms with Gasteiger partial charge in [-0.05, 0) is 11.4 Å². The van der Waals surface area contributed by atoms with Crippen LogP contribution in [0.1, 0.15) is 0 Å². The summed E-state index contributed by atoms with van der Waals surface area (Å²) in [5, 5.41) is 5.73. The quantitative estimate of drug-likeness (QED) is 0.739. The molecule has 2 heterocycles. The topological polar surface area (TPSA) is 74.3 Å². The minimum Gasteiger partial charge on any atom is -0.468 e. The number of rotatable bonds is 3. The fraction of sp³-hybridized carbons (Fsp3) is 0.222. The summed E-state index contributed by atoms with van der Waals surface area (Å²) in [5.74, 6) is -1.01. The first-order valence-corrected chi connectivity index (χ1v) is 5.27. The first-order chi connectivity index (χ1) is 7.70. The summed E-state index contributed by atoms with van der Waals surface area (Å²) in [6.45, 7) is -0.246.